The highest BCUT2D eigenvalue weighted by atomic mass is 19.1. The van der Waals surface area contributed by atoms with Gasteiger partial charge in [-0.3, -0.25) is 4.79 Å². The fourth-order valence-electron chi connectivity index (χ4n) is 2.80. The van der Waals surface area contributed by atoms with E-state index in [1.165, 1.54) is 25.3 Å². The number of anilines is 1. The van der Waals surface area contributed by atoms with Gasteiger partial charge in [0.2, 0.25) is 5.91 Å². The van der Waals surface area contributed by atoms with Crippen LogP contribution in [0.3, 0.4) is 0 Å². The Labute approximate surface area is 114 Å². The van der Waals surface area contributed by atoms with Crippen LogP contribution in [0.5, 0.6) is 0 Å². The Morgan fingerprint density at radius 2 is 2.05 bits per heavy atom. The maximum atomic E-state index is 13.9. The van der Waals surface area contributed by atoms with E-state index in [9.17, 15) is 9.18 Å². The molecule has 0 atom stereocenters. The summed E-state index contributed by atoms with van der Waals surface area (Å²) in [6, 6.07) is 4.94. The second kappa shape index (κ2) is 6.69. The molecule has 19 heavy (non-hydrogen) atoms. The highest BCUT2D eigenvalue weighted by Crippen LogP contribution is 2.35. The maximum Gasteiger partial charge on any atom is 0.224 e. The number of carbonyl (C=O) groups excluding carboxylic acids is 1. The van der Waals surface area contributed by atoms with Gasteiger partial charge in [-0.2, -0.15) is 0 Å². The van der Waals surface area contributed by atoms with E-state index in [-0.39, 0.29) is 11.7 Å². The van der Waals surface area contributed by atoms with Gasteiger partial charge in [-0.05, 0) is 48.9 Å². The first-order valence-electron chi connectivity index (χ1n) is 7.30. The maximum absolute atomic E-state index is 13.9. The average molecular weight is 263 g/mol. The van der Waals surface area contributed by atoms with Gasteiger partial charge < -0.3 is 5.32 Å². The lowest BCUT2D eigenvalue weighted by atomic mass is 9.84. The lowest BCUT2D eigenvalue weighted by Crippen LogP contribution is -2.12. The molecule has 1 fully saturated rings. The van der Waals surface area contributed by atoms with Crippen LogP contribution in [-0.4, -0.2) is 5.91 Å². The highest BCUT2D eigenvalue weighted by molar-refractivity contribution is 5.90. The Morgan fingerprint density at radius 3 is 2.74 bits per heavy atom. The van der Waals surface area contributed by atoms with Gasteiger partial charge >= 0.3 is 0 Å². The van der Waals surface area contributed by atoms with Crippen LogP contribution in [0.4, 0.5) is 10.1 Å². The molecule has 1 N–H and O–H groups in total. The van der Waals surface area contributed by atoms with E-state index < -0.39 is 0 Å². The minimum atomic E-state index is -0.139. The first kappa shape index (κ1) is 14.0. The number of nitrogens with one attached hydrogen (secondary N) is 1. The summed E-state index contributed by atoms with van der Waals surface area (Å²) in [7, 11) is 0. The third kappa shape index (κ3) is 3.79. The first-order valence-corrected chi connectivity index (χ1v) is 7.30. The van der Waals surface area contributed by atoms with Crippen molar-refractivity contribution in [2.24, 2.45) is 0 Å². The van der Waals surface area contributed by atoms with Crippen molar-refractivity contribution in [3.63, 3.8) is 0 Å². The molecule has 0 aliphatic heterocycles. The van der Waals surface area contributed by atoms with Crippen molar-refractivity contribution in [3.8, 4) is 0 Å². The lowest BCUT2D eigenvalue weighted by Gasteiger charge is -2.23. The number of benzene rings is 1. The smallest absolute Gasteiger partial charge is 0.224 e. The summed E-state index contributed by atoms with van der Waals surface area (Å²) in [6.45, 7) is 1.97. The molecule has 0 aromatic heterocycles. The van der Waals surface area contributed by atoms with Crippen molar-refractivity contribution in [2.75, 3.05) is 5.32 Å². The van der Waals surface area contributed by atoms with Crippen molar-refractivity contribution in [3.05, 3.63) is 29.6 Å². The third-order valence-corrected chi connectivity index (χ3v) is 3.80. The molecular weight excluding hydrogens is 241 g/mol. The number of amides is 1. The average Bonchev–Trinajstić information content (AvgIpc) is 2.42. The van der Waals surface area contributed by atoms with Crippen molar-refractivity contribution in [1.82, 2.24) is 0 Å². The number of halogens is 1. The molecule has 1 amide bonds. The molecule has 0 heterocycles. The summed E-state index contributed by atoms with van der Waals surface area (Å²) in [6.07, 6.45) is 7.06. The van der Waals surface area contributed by atoms with E-state index in [4.69, 9.17) is 0 Å². The van der Waals surface area contributed by atoms with Crippen LogP contribution in [0.25, 0.3) is 0 Å². The predicted molar refractivity (Wildman–Crippen MR) is 75.8 cm³/mol. The molecule has 1 aliphatic carbocycles. The van der Waals surface area contributed by atoms with Crippen molar-refractivity contribution < 1.29 is 9.18 Å². The zero-order chi connectivity index (χ0) is 13.7. The molecular formula is C16H22FNO. The molecule has 2 nitrogen and oxygen atoms in total. The minimum absolute atomic E-state index is 0.00343. The SMILES string of the molecule is CCCC(=O)Nc1ccc(F)c(C2CCCCC2)c1. The van der Waals surface area contributed by atoms with Crippen LogP contribution < -0.4 is 5.32 Å². The molecule has 1 aromatic carbocycles. The van der Waals surface area contributed by atoms with E-state index in [1.54, 1.807) is 6.07 Å². The largest absolute Gasteiger partial charge is 0.326 e. The summed E-state index contributed by atoms with van der Waals surface area (Å²) in [4.78, 5) is 11.6. The zero-order valence-corrected chi connectivity index (χ0v) is 11.5. The first-order chi connectivity index (χ1) is 9.20. The Morgan fingerprint density at radius 1 is 1.32 bits per heavy atom. The monoisotopic (exact) mass is 263 g/mol. The zero-order valence-electron chi connectivity index (χ0n) is 11.5. The highest BCUT2D eigenvalue weighted by Gasteiger charge is 2.19. The van der Waals surface area contributed by atoms with Crippen LogP contribution in [0.2, 0.25) is 0 Å². The Balaban J connectivity index is 2.12. The van der Waals surface area contributed by atoms with Crippen molar-refractivity contribution in [2.45, 2.75) is 57.8 Å². The van der Waals surface area contributed by atoms with Gasteiger partial charge in [0.05, 0.1) is 0 Å². The fourth-order valence-corrected chi connectivity index (χ4v) is 2.80. The molecule has 1 aliphatic rings. The molecule has 3 heteroatoms. The predicted octanol–water partition coefficient (Wildman–Crippen LogP) is 4.61. The molecule has 0 spiro atoms. The molecule has 0 saturated heterocycles. The quantitative estimate of drug-likeness (QED) is 0.844. The second-order valence-electron chi connectivity index (χ2n) is 5.37. The van der Waals surface area contributed by atoms with Gasteiger partial charge in [-0.1, -0.05) is 26.2 Å². The van der Waals surface area contributed by atoms with Crippen LogP contribution >= 0.6 is 0 Å². The van der Waals surface area contributed by atoms with Crippen LogP contribution in [0, 0.1) is 5.82 Å². The van der Waals surface area contributed by atoms with Crippen molar-refractivity contribution in [1.29, 1.82) is 0 Å². The molecule has 0 radical (unpaired) electrons. The van der Waals surface area contributed by atoms with E-state index in [0.29, 0.717) is 12.3 Å². The normalized spacial score (nSPS) is 16.3. The number of hydrogen-bond donors (Lipinski definition) is 1. The van der Waals surface area contributed by atoms with Gasteiger partial charge in [0, 0.05) is 12.1 Å². The van der Waals surface area contributed by atoms with E-state index in [2.05, 4.69) is 5.32 Å². The standard InChI is InChI=1S/C16H22FNO/c1-2-6-16(19)18-13-9-10-15(17)14(11-13)12-7-4-3-5-8-12/h9-12H,2-8H2,1H3,(H,18,19). The van der Waals surface area contributed by atoms with Gasteiger partial charge in [-0.15, -0.1) is 0 Å². The van der Waals surface area contributed by atoms with E-state index in [0.717, 1.165) is 30.5 Å². The van der Waals surface area contributed by atoms with Crippen LogP contribution in [0.1, 0.15) is 63.4 Å². The Bertz CT molecular complexity index is 438. The molecule has 104 valence electrons. The Kier molecular flexibility index (Phi) is 4.94. The number of carbonyl (C=O) groups is 1. The van der Waals surface area contributed by atoms with Gasteiger partial charge in [-0.25, -0.2) is 4.39 Å². The number of rotatable bonds is 4. The van der Waals surface area contributed by atoms with Crippen molar-refractivity contribution >= 4 is 11.6 Å². The minimum Gasteiger partial charge on any atom is -0.326 e. The molecule has 2 rings (SSSR count). The van der Waals surface area contributed by atoms with E-state index in [1.807, 2.05) is 13.0 Å². The third-order valence-electron chi connectivity index (χ3n) is 3.80. The Hall–Kier alpha value is -1.38. The molecule has 1 saturated carbocycles. The second-order valence-corrected chi connectivity index (χ2v) is 5.37. The molecule has 0 bridgehead atoms. The molecule has 0 unspecified atom stereocenters. The van der Waals surface area contributed by atoms with Gasteiger partial charge in [0.25, 0.3) is 0 Å². The lowest BCUT2D eigenvalue weighted by molar-refractivity contribution is -0.116. The summed E-state index contributed by atoms with van der Waals surface area (Å²) in [5, 5.41) is 2.84. The summed E-state index contributed by atoms with van der Waals surface area (Å²) >= 11 is 0. The summed E-state index contributed by atoms with van der Waals surface area (Å²) in [5.41, 5.74) is 1.49. The topological polar surface area (TPSA) is 29.1 Å². The number of hydrogen-bond acceptors (Lipinski definition) is 1. The molecule has 1 aromatic rings. The van der Waals surface area contributed by atoms with Crippen LogP contribution in [-0.2, 0) is 4.79 Å². The van der Waals surface area contributed by atoms with E-state index >= 15 is 0 Å². The fraction of sp³-hybridized carbons (Fsp3) is 0.562. The van der Waals surface area contributed by atoms with Gasteiger partial charge in [0.15, 0.2) is 0 Å². The summed E-state index contributed by atoms with van der Waals surface area (Å²) < 4.78 is 13.9. The van der Waals surface area contributed by atoms with Crippen LogP contribution in [0.15, 0.2) is 18.2 Å². The summed E-state index contributed by atoms with van der Waals surface area (Å²) in [5.74, 6) is 0.181. The van der Waals surface area contributed by atoms with Gasteiger partial charge in [0.1, 0.15) is 5.82 Å².